The molecule has 2 rings (SSSR count). The molecule has 0 fully saturated rings. The Bertz CT molecular complexity index is 938. The molecule has 0 bridgehead atoms. The van der Waals surface area contributed by atoms with Gasteiger partial charge in [-0.2, -0.15) is 4.31 Å². The van der Waals surface area contributed by atoms with Crippen LogP contribution in [0.4, 0.5) is 10.1 Å². The van der Waals surface area contributed by atoms with Crippen LogP contribution < -0.4 is 5.32 Å². The fraction of sp³-hybridized carbons (Fsp3) is 0.278. The number of nitrogens with zero attached hydrogens (tertiary/aromatic N) is 1. The molecule has 0 saturated heterocycles. The summed E-state index contributed by atoms with van der Waals surface area (Å²) in [5.41, 5.74) is 2.50. The summed E-state index contributed by atoms with van der Waals surface area (Å²) in [6, 6.07) is 7.31. The molecule has 0 unspecified atom stereocenters. The van der Waals surface area contributed by atoms with E-state index in [1.165, 1.54) is 19.2 Å². The van der Waals surface area contributed by atoms with Crippen molar-refractivity contribution < 1.29 is 17.6 Å². The van der Waals surface area contributed by atoms with Crippen LogP contribution in [0.5, 0.6) is 0 Å². The lowest BCUT2D eigenvalue weighted by atomic mass is 10.1. The third kappa shape index (κ3) is 4.41. The summed E-state index contributed by atoms with van der Waals surface area (Å²) in [6.45, 7) is 4.95. The fourth-order valence-electron chi connectivity index (χ4n) is 2.79. The number of aryl methyl sites for hydroxylation is 3. The van der Waals surface area contributed by atoms with E-state index in [1.807, 2.05) is 6.92 Å². The topological polar surface area (TPSA) is 66.5 Å². The molecule has 8 heteroatoms. The number of halogens is 2. The molecule has 0 heterocycles. The molecule has 2 aromatic rings. The Kier molecular flexibility index (Phi) is 6.05. The second-order valence-electron chi connectivity index (χ2n) is 6.17. The molecule has 0 aliphatic heterocycles. The van der Waals surface area contributed by atoms with Crippen LogP contribution in [0.15, 0.2) is 35.2 Å². The second-order valence-corrected chi connectivity index (χ2v) is 8.55. The highest BCUT2D eigenvalue weighted by Gasteiger charge is 2.26. The molecule has 0 saturated carbocycles. The van der Waals surface area contributed by atoms with E-state index < -0.39 is 21.7 Å². The van der Waals surface area contributed by atoms with Gasteiger partial charge in [0, 0.05) is 12.7 Å². The van der Waals surface area contributed by atoms with Crippen LogP contribution in [0.3, 0.4) is 0 Å². The zero-order valence-electron chi connectivity index (χ0n) is 14.9. The first-order valence-electron chi connectivity index (χ1n) is 7.81. The minimum atomic E-state index is -3.83. The molecule has 1 N–H and O–H groups in total. The molecule has 0 aliphatic rings. The standard InChI is InChI=1S/C18H20ClFN2O3S/c1-11-7-12(2)18(13(3)8-11)26(24,25)22(4)10-17(23)21-14-5-6-16(20)15(19)9-14/h5-9H,10H2,1-4H3,(H,21,23). The molecular weight excluding hydrogens is 379 g/mol. The monoisotopic (exact) mass is 398 g/mol. The van der Waals surface area contributed by atoms with Gasteiger partial charge in [0.1, 0.15) is 5.82 Å². The van der Waals surface area contributed by atoms with E-state index in [0.29, 0.717) is 11.1 Å². The normalized spacial score (nSPS) is 11.7. The van der Waals surface area contributed by atoms with E-state index >= 15 is 0 Å². The van der Waals surface area contributed by atoms with E-state index in [0.717, 1.165) is 15.9 Å². The van der Waals surface area contributed by atoms with Crippen LogP contribution in [0.1, 0.15) is 16.7 Å². The molecule has 0 aliphatic carbocycles. The number of carbonyl (C=O) groups is 1. The molecule has 26 heavy (non-hydrogen) atoms. The van der Waals surface area contributed by atoms with Gasteiger partial charge in [0.05, 0.1) is 16.5 Å². The third-order valence-corrected chi connectivity index (χ3v) is 6.24. The number of benzene rings is 2. The predicted molar refractivity (Wildman–Crippen MR) is 101 cm³/mol. The first kappa shape index (κ1) is 20.4. The number of rotatable bonds is 5. The largest absolute Gasteiger partial charge is 0.325 e. The maximum atomic E-state index is 13.2. The maximum Gasteiger partial charge on any atom is 0.243 e. The number of anilines is 1. The summed E-state index contributed by atoms with van der Waals surface area (Å²) in [5, 5.41) is 2.38. The average molecular weight is 399 g/mol. The number of carbonyl (C=O) groups excluding carboxylic acids is 1. The summed E-state index contributed by atoms with van der Waals surface area (Å²) in [5.74, 6) is -1.16. The lowest BCUT2D eigenvalue weighted by Crippen LogP contribution is -2.35. The molecule has 1 amide bonds. The van der Waals surface area contributed by atoms with Crippen LogP contribution in [0.25, 0.3) is 0 Å². The Morgan fingerprint density at radius 3 is 2.27 bits per heavy atom. The van der Waals surface area contributed by atoms with E-state index in [2.05, 4.69) is 5.32 Å². The van der Waals surface area contributed by atoms with Crippen LogP contribution in [0.2, 0.25) is 5.02 Å². The van der Waals surface area contributed by atoms with Crippen molar-refractivity contribution in [1.82, 2.24) is 4.31 Å². The van der Waals surface area contributed by atoms with Gasteiger partial charge in [-0.05, 0) is 50.1 Å². The van der Waals surface area contributed by atoms with E-state index in [4.69, 9.17) is 11.6 Å². The van der Waals surface area contributed by atoms with Crippen molar-refractivity contribution in [3.05, 3.63) is 57.9 Å². The molecule has 0 spiro atoms. The summed E-state index contributed by atoms with van der Waals surface area (Å²) in [6.07, 6.45) is 0. The molecule has 5 nitrogen and oxygen atoms in total. The Balaban J connectivity index is 2.19. The number of hydrogen-bond acceptors (Lipinski definition) is 3. The number of sulfonamides is 1. The van der Waals surface area contributed by atoms with E-state index in [9.17, 15) is 17.6 Å². The van der Waals surface area contributed by atoms with Gasteiger partial charge >= 0.3 is 0 Å². The van der Waals surface area contributed by atoms with Crippen molar-refractivity contribution in [3.8, 4) is 0 Å². The van der Waals surface area contributed by atoms with Gasteiger partial charge in [-0.15, -0.1) is 0 Å². The van der Waals surface area contributed by atoms with Crippen LogP contribution in [-0.4, -0.2) is 32.2 Å². The Morgan fingerprint density at radius 2 is 1.73 bits per heavy atom. The van der Waals surface area contributed by atoms with Gasteiger partial charge in [-0.25, -0.2) is 12.8 Å². The van der Waals surface area contributed by atoms with Gasteiger partial charge in [-0.1, -0.05) is 29.3 Å². The summed E-state index contributed by atoms with van der Waals surface area (Å²) >= 11 is 5.67. The minimum Gasteiger partial charge on any atom is -0.325 e. The fourth-order valence-corrected chi connectivity index (χ4v) is 4.50. The van der Waals surface area contributed by atoms with Gasteiger partial charge in [-0.3, -0.25) is 4.79 Å². The smallest absolute Gasteiger partial charge is 0.243 e. The number of amides is 1. The summed E-state index contributed by atoms with van der Waals surface area (Å²) in [7, 11) is -2.49. The van der Waals surface area contributed by atoms with Crippen LogP contribution in [-0.2, 0) is 14.8 Å². The first-order valence-corrected chi connectivity index (χ1v) is 9.63. The molecule has 0 atom stereocenters. The van der Waals surface area contributed by atoms with Gasteiger partial charge in [0.15, 0.2) is 0 Å². The maximum absolute atomic E-state index is 13.2. The second kappa shape index (κ2) is 7.73. The number of hydrogen-bond donors (Lipinski definition) is 1. The highest BCUT2D eigenvalue weighted by Crippen LogP contribution is 2.25. The van der Waals surface area contributed by atoms with Gasteiger partial charge < -0.3 is 5.32 Å². The minimum absolute atomic E-state index is 0.130. The Hall–Kier alpha value is -1.96. The zero-order chi connectivity index (χ0) is 19.6. The third-order valence-electron chi connectivity index (χ3n) is 3.84. The van der Waals surface area contributed by atoms with Gasteiger partial charge in [0.25, 0.3) is 0 Å². The van der Waals surface area contributed by atoms with Crippen LogP contribution in [0, 0.1) is 26.6 Å². The highest BCUT2D eigenvalue weighted by molar-refractivity contribution is 7.89. The number of likely N-dealkylation sites (N-methyl/N-ethyl adjacent to an activating group) is 1. The Morgan fingerprint density at radius 1 is 1.15 bits per heavy atom. The van der Waals surface area contributed by atoms with Crippen molar-refractivity contribution in [1.29, 1.82) is 0 Å². The van der Waals surface area contributed by atoms with Crippen LogP contribution >= 0.6 is 11.6 Å². The Labute approximate surface area is 157 Å². The summed E-state index contributed by atoms with van der Waals surface area (Å²) < 4.78 is 39.8. The zero-order valence-corrected chi connectivity index (χ0v) is 16.5. The van der Waals surface area contributed by atoms with Gasteiger partial charge in [0.2, 0.25) is 15.9 Å². The quantitative estimate of drug-likeness (QED) is 0.835. The summed E-state index contributed by atoms with van der Waals surface area (Å²) in [4.78, 5) is 12.4. The lowest BCUT2D eigenvalue weighted by Gasteiger charge is -2.20. The lowest BCUT2D eigenvalue weighted by molar-refractivity contribution is -0.116. The molecule has 0 radical (unpaired) electrons. The molecule has 0 aromatic heterocycles. The van der Waals surface area contributed by atoms with Crippen molar-refractivity contribution in [2.24, 2.45) is 0 Å². The SMILES string of the molecule is Cc1cc(C)c(S(=O)(=O)N(C)CC(=O)Nc2ccc(F)c(Cl)c2)c(C)c1. The average Bonchev–Trinajstić information content (AvgIpc) is 2.49. The first-order chi connectivity index (χ1) is 12.0. The molecular formula is C18H20ClFN2O3S. The van der Waals surface area contributed by atoms with Crippen molar-refractivity contribution in [2.75, 3.05) is 18.9 Å². The molecule has 2 aromatic carbocycles. The highest BCUT2D eigenvalue weighted by atomic mass is 35.5. The van der Waals surface area contributed by atoms with Crippen molar-refractivity contribution in [3.63, 3.8) is 0 Å². The number of nitrogens with one attached hydrogen (secondary N) is 1. The molecule has 140 valence electrons. The predicted octanol–water partition coefficient (Wildman–Crippen LogP) is 3.66. The van der Waals surface area contributed by atoms with Crippen molar-refractivity contribution >= 4 is 33.2 Å². The van der Waals surface area contributed by atoms with E-state index in [1.54, 1.807) is 26.0 Å². The van der Waals surface area contributed by atoms with Crippen molar-refractivity contribution in [2.45, 2.75) is 25.7 Å². The van der Waals surface area contributed by atoms with E-state index in [-0.39, 0.29) is 22.2 Å².